The van der Waals surface area contributed by atoms with Gasteiger partial charge in [-0.2, -0.15) is 4.98 Å². The molecule has 0 spiro atoms. The Balaban J connectivity index is 1.61. The van der Waals surface area contributed by atoms with Crippen LogP contribution >= 0.6 is 0 Å². The molecule has 9 nitrogen and oxygen atoms in total. The summed E-state index contributed by atoms with van der Waals surface area (Å²) in [5.41, 5.74) is 3.50. The average Bonchev–Trinajstić information content (AvgIpc) is 3.35. The lowest BCUT2D eigenvalue weighted by atomic mass is 10.0. The van der Waals surface area contributed by atoms with Crippen LogP contribution in [0.25, 0.3) is 11.3 Å². The third-order valence-corrected chi connectivity index (χ3v) is 6.59. The number of aryl methyl sites for hydroxylation is 1. The van der Waals surface area contributed by atoms with E-state index in [1.54, 1.807) is 0 Å². The SMILES string of the molecule is CC[C@@H]1CCN(C(=O)Nc2ccc(C)c(-c3cc(N[C@H](C)CO)nc(N4CCOCC4)n3)c2)C1. The molecule has 1 aromatic heterocycles. The number of ether oxygens (including phenoxy) is 1. The first-order valence-electron chi connectivity index (χ1n) is 12.2. The number of aromatic nitrogens is 2. The predicted molar refractivity (Wildman–Crippen MR) is 134 cm³/mol. The number of rotatable bonds is 7. The molecule has 184 valence electrons. The molecular formula is C25H36N6O3. The highest BCUT2D eigenvalue weighted by molar-refractivity contribution is 5.90. The fourth-order valence-corrected chi connectivity index (χ4v) is 4.38. The summed E-state index contributed by atoms with van der Waals surface area (Å²) in [6.07, 6.45) is 2.17. The second-order valence-corrected chi connectivity index (χ2v) is 9.23. The van der Waals surface area contributed by atoms with Crippen molar-refractivity contribution in [1.29, 1.82) is 0 Å². The van der Waals surface area contributed by atoms with Crippen molar-refractivity contribution in [3.63, 3.8) is 0 Å². The van der Waals surface area contributed by atoms with Crippen molar-refractivity contribution < 1.29 is 14.6 Å². The number of nitrogens with zero attached hydrogens (tertiary/aromatic N) is 4. The Bertz CT molecular complexity index is 995. The highest BCUT2D eigenvalue weighted by atomic mass is 16.5. The lowest BCUT2D eigenvalue weighted by Gasteiger charge is -2.27. The maximum atomic E-state index is 12.8. The summed E-state index contributed by atoms with van der Waals surface area (Å²) in [5.74, 6) is 1.88. The number of hydrogen-bond donors (Lipinski definition) is 3. The van der Waals surface area contributed by atoms with Crippen LogP contribution in [-0.4, -0.2) is 78.0 Å². The number of aliphatic hydroxyl groups is 1. The Labute approximate surface area is 201 Å². The minimum absolute atomic E-state index is 0.00214. The quantitative estimate of drug-likeness (QED) is 0.573. The van der Waals surface area contributed by atoms with E-state index in [9.17, 15) is 9.90 Å². The maximum absolute atomic E-state index is 12.8. The highest BCUT2D eigenvalue weighted by Crippen LogP contribution is 2.29. The molecule has 9 heteroatoms. The fourth-order valence-electron chi connectivity index (χ4n) is 4.38. The smallest absolute Gasteiger partial charge is 0.321 e. The van der Waals surface area contributed by atoms with E-state index in [-0.39, 0.29) is 18.7 Å². The number of carbonyl (C=O) groups is 1. The number of hydrogen-bond acceptors (Lipinski definition) is 7. The molecule has 0 unspecified atom stereocenters. The van der Waals surface area contributed by atoms with Crippen LogP contribution in [0.2, 0.25) is 0 Å². The third-order valence-electron chi connectivity index (χ3n) is 6.59. The van der Waals surface area contributed by atoms with Crippen LogP contribution < -0.4 is 15.5 Å². The number of nitrogens with one attached hydrogen (secondary N) is 2. The van der Waals surface area contributed by atoms with Crippen LogP contribution in [0.4, 0.5) is 22.2 Å². The van der Waals surface area contributed by atoms with E-state index in [0.717, 1.165) is 61.5 Å². The normalized spacial score (nSPS) is 19.2. The topological polar surface area (TPSA) is 103 Å². The number of amides is 2. The van der Waals surface area contributed by atoms with Gasteiger partial charge in [0.05, 0.1) is 25.5 Å². The number of benzene rings is 1. The standard InChI is InChI=1S/C25H36N6O3/c1-4-19-7-8-31(15-19)25(33)27-20-6-5-17(2)21(13-20)22-14-23(26-18(3)16-32)29-24(28-22)30-9-11-34-12-10-30/h5-6,13-14,18-19,32H,4,7-12,15-16H2,1-3H3,(H,27,33)(H,26,28,29)/t18-,19-/m1/s1. The molecule has 2 aliphatic heterocycles. The Morgan fingerprint density at radius 1 is 1.24 bits per heavy atom. The molecule has 3 heterocycles. The minimum atomic E-state index is -0.139. The van der Waals surface area contributed by atoms with Gasteiger partial charge in [0.25, 0.3) is 0 Å². The van der Waals surface area contributed by atoms with E-state index in [1.807, 2.05) is 43.0 Å². The summed E-state index contributed by atoms with van der Waals surface area (Å²) in [7, 11) is 0. The van der Waals surface area contributed by atoms with Crippen molar-refractivity contribution >= 4 is 23.5 Å². The fraction of sp³-hybridized carbons (Fsp3) is 0.560. The molecule has 0 bridgehead atoms. The number of likely N-dealkylation sites (tertiary alicyclic amines) is 1. The van der Waals surface area contributed by atoms with Crippen LogP contribution in [0.1, 0.15) is 32.3 Å². The zero-order valence-corrected chi connectivity index (χ0v) is 20.4. The number of urea groups is 1. The first-order chi connectivity index (χ1) is 16.5. The van der Waals surface area contributed by atoms with E-state index in [0.29, 0.717) is 30.9 Å². The Morgan fingerprint density at radius 3 is 2.74 bits per heavy atom. The van der Waals surface area contributed by atoms with Gasteiger partial charge in [0.1, 0.15) is 5.82 Å². The molecule has 0 aliphatic carbocycles. The van der Waals surface area contributed by atoms with Crippen LogP contribution in [0.15, 0.2) is 24.3 Å². The van der Waals surface area contributed by atoms with Gasteiger partial charge in [0.2, 0.25) is 5.95 Å². The molecule has 2 amide bonds. The maximum Gasteiger partial charge on any atom is 0.321 e. The van der Waals surface area contributed by atoms with Crippen molar-refractivity contribution in [3.05, 3.63) is 29.8 Å². The van der Waals surface area contributed by atoms with Crippen molar-refractivity contribution in [3.8, 4) is 11.3 Å². The second kappa shape index (κ2) is 11.0. The molecule has 1 aromatic carbocycles. The van der Waals surface area contributed by atoms with E-state index in [1.165, 1.54) is 0 Å². The van der Waals surface area contributed by atoms with Gasteiger partial charge in [-0.3, -0.25) is 0 Å². The van der Waals surface area contributed by atoms with Gasteiger partial charge < -0.3 is 30.3 Å². The van der Waals surface area contributed by atoms with Crippen molar-refractivity contribution in [2.45, 2.75) is 39.7 Å². The number of aliphatic hydroxyl groups excluding tert-OH is 1. The van der Waals surface area contributed by atoms with E-state index in [4.69, 9.17) is 14.7 Å². The van der Waals surface area contributed by atoms with Gasteiger partial charge in [-0.1, -0.05) is 19.4 Å². The second-order valence-electron chi connectivity index (χ2n) is 9.23. The van der Waals surface area contributed by atoms with Crippen LogP contribution in [-0.2, 0) is 4.74 Å². The molecular weight excluding hydrogens is 432 g/mol. The monoisotopic (exact) mass is 468 g/mol. The van der Waals surface area contributed by atoms with Gasteiger partial charge >= 0.3 is 6.03 Å². The van der Waals surface area contributed by atoms with Gasteiger partial charge in [-0.15, -0.1) is 0 Å². The number of carbonyl (C=O) groups excluding carboxylic acids is 1. The summed E-state index contributed by atoms with van der Waals surface area (Å²) in [5, 5.41) is 15.8. The lowest BCUT2D eigenvalue weighted by Crippen LogP contribution is -2.37. The van der Waals surface area contributed by atoms with E-state index >= 15 is 0 Å². The molecule has 3 N–H and O–H groups in total. The summed E-state index contributed by atoms with van der Waals surface area (Å²) >= 11 is 0. The zero-order chi connectivity index (χ0) is 24.1. The van der Waals surface area contributed by atoms with E-state index in [2.05, 4.69) is 22.5 Å². The van der Waals surface area contributed by atoms with Gasteiger partial charge in [0, 0.05) is 49.5 Å². The molecule has 4 rings (SSSR count). The molecule has 0 saturated carbocycles. The van der Waals surface area contributed by atoms with Crippen LogP contribution in [0, 0.1) is 12.8 Å². The van der Waals surface area contributed by atoms with Crippen LogP contribution in [0.5, 0.6) is 0 Å². The Kier molecular flexibility index (Phi) is 7.84. The predicted octanol–water partition coefficient (Wildman–Crippen LogP) is 3.35. The average molecular weight is 469 g/mol. The minimum Gasteiger partial charge on any atom is -0.394 e. The number of morpholine rings is 1. The molecule has 2 saturated heterocycles. The number of anilines is 3. The van der Waals surface area contributed by atoms with E-state index < -0.39 is 0 Å². The van der Waals surface area contributed by atoms with Gasteiger partial charge in [-0.25, -0.2) is 9.78 Å². The lowest BCUT2D eigenvalue weighted by molar-refractivity contribution is 0.122. The van der Waals surface area contributed by atoms with Crippen molar-refractivity contribution in [1.82, 2.24) is 14.9 Å². The molecule has 2 aliphatic rings. The summed E-state index contributed by atoms with van der Waals surface area (Å²) in [4.78, 5) is 26.4. The molecule has 2 atom stereocenters. The summed E-state index contributed by atoms with van der Waals surface area (Å²) < 4.78 is 5.49. The Hall–Kier alpha value is -2.91. The highest BCUT2D eigenvalue weighted by Gasteiger charge is 2.25. The largest absolute Gasteiger partial charge is 0.394 e. The van der Waals surface area contributed by atoms with Crippen molar-refractivity contribution in [2.24, 2.45) is 5.92 Å². The Morgan fingerprint density at radius 2 is 2.03 bits per heavy atom. The summed E-state index contributed by atoms with van der Waals surface area (Å²) in [6.45, 7) is 10.5. The molecule has 2 aromatic rings. The molecule has 2 fully saturated rings. The van der Waals surface area contributed by atoms with Gasteiger partial charge in [0.15, 0.2) is 0 Å². The zero-order valence-electron chi connectivity index (χ0n) is 20.4. The molecule has 34 heavy (non-hydrogen) atoms. The summed E-state index contributed by atoms with van der Waals surface area (Å²) in [6, 6.07) is 7.62. The first-order valence-corrected chi connectivity index (χ1v) is 12.2. The van der Waals surface area contributed by atoms with Gasteiger partial charge in [-0.05, 0) is 43.9 Å². The third kappa shape index (κ3) is 5.77. The molecule has 0 radical (unpaired) electrons. The van der Waals surface area contributed by atoms with Crippen LogP contribution in [0.3, 0.4) is 0 Å². The first kappa shape index (κ1) is 24.2. The van der Waals surface area contributed by atoms with Crippen molar-refractivity contribution in [2.75, 3.05) is 61.5 Å².